The van der Waals surface area contributed by atoms with Crippen LogP contribution in [0.3, 0.4) is 0 Å². The minimum atomic E-state index is -1.63. The first-order valence-corrected chi connectivity index (χ1v) is 7.67. The lowest BCUT2D eigenvalue weighted by atomic mass is 9.89. The molecule has 1 saturated heterocycles. The summed E-state index contributed by atoms with van der Waals surface area (Å²) in [5.41, 5.74) is -0.155. The molecular formula is C17H14F3N3O2. The molecule has 25 heavy (non-hydrogen) atoms. The highest BCUT2D eigenvalue weighted by Crippen LogP contribution is 2.36. The van der Waals surface area contributed by atoms with Crippen LogP contribution in [0.15, 0.2) is 12.3 Å². The number of hydrogen-bond donors (Lipinski definition) is 1. The maximum Gasteiger partial charge on any atom is 0.308 e. The van der Waals surface area contributed by atoms with Gasteiger partial charge in [0.05, 0.1) is 17.2 Å². The Morgan fingerprint density at radius 2 is 2.08 bits per heavy atom. The molecule has 2 heterocycles. The SMILES string of the molecule is CC1CC(C(=O)O)CN(c2c(C#N)cnc3c(F)c(F)c(F)cc23)C1. The normalized spacial score (nSPS) is 20.5. The highest BCUT2D eigenvalue weighted by molar-refractivity contribution is 5.95. The van der Waals surface area contributed by atoms with Gasteiger partial charge in [-0.2, -0.15) is 5.26 Å². The predicted octanol–water partition coefficient (Wildman–Crippen LogP) is 3.07. The van der Waals surface area contributed by atoms with Gasteiger partial charge in [0.15, 0.2) is 17.5 Å². The lowest BCUT2D eigenvalue weighted by Crippen LogP contribution is -2.43. The number of nitriles is 1. The molecule has 1 aromatic carbocycles. The number of piperidine rings is 1. The van der Waals surface area contributed by atoms with E-state index >= 15 is 0 Å². The van der Waals surface area contributed by atoms with Crippen molar-refractivity contribution < 1.29 is 23.1 Å². The number of pyridine rings is 1. The summed E-state index contributed by atoms with van der Waals surface area (Å²) in [6.07, 6.45) is 1.56. The maximum absolute atomic E-state index is 14.1. The van der Waals surface area contributed by atoms with Crippen LogP contribution >= 0.6 is 0 Å². The van der Waals surface area contributed by atoms with Gasteiger partial charge in [-0.1, -0.05) is 6.92 Å². The number of anilines is 1. The van der Waals surface area contributed by atoms with E-state index in [0.29, 0.717) is 13.0 Å². The summed E-state index contributed by atoms with van der Waals surface area (Å²) in [5, 5.41) is 18.6. The van der Waals surface area contributed by atoms with Gasteiger partial charge in [-0.15, -0.1) is 0 Å². The lowest BCUT2D eigenvalue weighted by molar-refractivity contribution is -0.142. The van der Waals surface area contributed by atoms with Gasteiger partial charge in [-0.25, -0.2) is 13.2 Å². The average Bonchev–Trinajstić information content (AvgIpc) is 2.58. The zero-order valence-electron chi connectivity index (χ0n) is 13.3. The molecule has 1 aliphatic heterocycles. The van der Waals surface area contributed by atoms with Gasteiger partial charge in [0.2, 0.25) is 0 Å². The van der Waals surface area contributed by atoms with Crippen molar-refractivity contribution in [3.8, 4) is 6.07 Å². The van der Waals surface area contributed by atoms with E-state index in [-0.39, 0.29) is 29.1 Å². The third-order valence-electron chi connectivity index (χ3n) is 4.42. The van der Waals surface area contributed by atoms with E-state index in [1.165, 1.54) is 0 Å². The van der Waals surface area contributed by atoms with Crippen LogP contribution in [0.4, 0.5) is 18.9 Å². The molecule has 0 bridgehead atoms. The number of benzene rings is 1. The van der Waals surface area contributed by atoms with Crippen LogP contribution < -0.4 is 4.90 Å². The van der Waals surface area contributed by atoms with Gasteiger partial charge in [-0.05, 0) is 18.4 Å². The van der Waals surface area contributed by atoms with Crippen molar-refractivity contribution in [1.29, 1.82) is 5.26 Å². The average molecular weight is 349 g/mol. The number of aliphatic carboxylic acids is 1. The Hall–Kier alpha value is -2.82. The fraction of sp³-hybridized carbons (Fsp3) is 0.353. The van der Waals surface area contributed by atoms with Gasteiger partial charge in [0.25, 0.3) is 0 Å². The first-order chi connectivity index (χ1) is 11.8. The summed E-state index contributed by atoms with van der Waals surface area (Å²) < 4.78 is 41.3. The second kappa shape index (κ2) is 6.24. The van der Waals surface area contributed by atoms with Gasteiger partial charge in [0.1, 0.15) is 11.6 Å². The molecule has 2 unspecified atom stereocenters. The van der Waals surface area contributed by atoms with E-state index in [1.807, 2.05) is 13.0 Å². The molecule has 0 spiro atoms. The molecule has 2 atom stereocenters. The molecule has 5 nitrogen and oxygen atoms in total. The Kier molecular flexibility index (Phi) is 4.25. The van der Waals surface area contributed by atoms with Crippen molar-refractivity contribution >= 4 is 22.6 Å². The Bertz CT molecular complexity index is 910. The van der Waals surface area contributed by atoms with Gasteiger partial charge in [0, 0.05) is 24.7 Å². The molecule has 2 aromatic rings. The second-order valence-electron chi connectivity index (χ2n) is 6.30. The molecule has 1 aliphatic rings. The van der Waals surface area contributed by atoms with Crippen LogP contribution in [0.5, 0.6) is 0 Å². The number of fused-ring (bicyclic) bond motifs is 1. The van der Waals surface area contributed by atoms with Crippen LogP contribution in [0.25, 0.3) is 10.9 Å². The third kappa shape index (κ3) is 2.86. The molecule has 8 heteroatoms. The third-order valence-corrected chi connectivity index (χ3v) is 4.42. The Morgan fingerprint density at radius 1 is 1.36 bits per heavy atom. The quantitative estimate of drug-likeness (QED) is 0.843. The van der Waals surface area contributed by atoms with Crippen LogP contribution in [0.1, 0.15) is 18.9 Å². The van der Waals surface area contributed by atoms with Crippen molar-refractivity contribution in [3.05, 3.63) is 35.3 Å². The first-order valence-electron chi connectivity index (χ1n) is 7.67. The van der Waals surface area contributed by atoms with Gasteiger partial charge >= 0.3 is 5.97 Å². The van der Waals surface area contributed by atoms with Crippen LogP contribution in [-0.4, -0.2) is 29.1 Å². The second-order valence-corrected chi connectivity index (χ2v) is 6.30. The number of aromatic nitrogens is 1. The largest absolute Gasteiger partial charge is 0.481 e. The Morgan fingerprint density at radius 3 is 2.72 bits per heavy atom. The number of carbonyl (C=O) groups is 1. The minimum absolute atomic E-state index is 0.000231. The van der Waals surface area contributed by atoms with E-state index in [9.17, 15) is 28.3 Å². The summed E-state index contributed by atoms with van der Waals surface area (Å²) in [7, 11) is 0. The molecule has 130 valence electrons. The first kappa shape index (κ1) is 17.0. The van der Waals surface area contributed by atoms with Crippen LogP contribution in [-0.2, 0) is 4.79 Å². The lowest BCUT2D eigenvalue weighted by Gasteiger charge is -2.37. The van der Waals surface area contributed by atoms with Crippen molar-refractivity contribution in [3.63, 3.8) is 0 Å². The summed E-state index contributed by atoms with van der Waals surface area (Å²) in [6, 6.07) is 2.70. The number of hydrogen-bond acceptors (Lipinski definition) is 4. The van der Waals surface area contributed by atoms with Gasteiger partial charge in [-0.3, -0.25) is 9.78 Å². The van der Waals surface area contributed by atoms with E-state index in [4.69, 9.17) is 0 Å². The van der Waals surface area contributed by atoms with E-state index < -0.39 is 34.9 Å². The van der Waals surface area contributed by atoms with Crippen molar-refractivity contribution in [2.45, 2.75) is 13.3 Å². The Labute approximate surface area is 141 Å². The summed E-state index contributed by atoms with van der Waals surface area (Å²) in [5.74, 6) is -6.10. The molecule has 0 amide bonds. The molecule has 1 N–H and O–H groups in total. The highest BCUT2D eigenvalue weighted by Gasteiger charge is 2.32. The number of carboxylic acids is 1. The zero-order valence-corrected chi connectivity index (χ0v) is 13.3. The van der Waals surface area contributed by atoms with E-state index in [2.05, 4.69) is 4.98 Å². The zero-order chi connectivity index (χ0) is 18.3. The summed E-state index contributed by atoms with van der Waals surface area (Å²) >= 11 is 0. The van der Waals surface area contributed by atoms with Crippen LogP contribution in [0, 0.1) is 40.6 Å². The van der Waals surface area contributed by atoms with Crippen molar-refractivity contribution in [2.24, 2.45) is 11.8 Å². The van der Waals surface area contributed by atoms with Crippen molar-refractivity contribution in [1.82, 2.24) is 4.98 Å². The standard InChI is InChI=1S/C17H14F3N3O2/c1-8-2-9(17(24)25)7-23(6-8)16-10(4-21)5-22-15-11(16)3-12(18)13(19)14(15)20/h3,5,8-9H,2,6-7H2,1H3,(H,24,25). The highest BCUT2D eigenvalue weighted by atomic mass is 19.2. The predicted molar refractivity (Wildman–Crippen MR) is 83.5 cm³/mol. The molecule has 0 saturated carbocycles. The molecule has 1 aromatic heterocycles. The number of carboxylic acid groups (broad SMARTS) is 1. The van der Waals surface area contributed by atoms with Crippen molar-refractivity contribution in [2.75, 3.05) is 18.0 Å². The monoisotopic (exact) mass is 349 g/mol. The molecule has 1 fully saturated rings. The van der Waals surface area contributed by atoms with E-state index in [0.717, 1.165) is 12.3 Å². The summed E-state index contributed by atoms with van der Waals surface area (Å²) in [6.45, 7) is 2.37. The minimum Gasteiger partial charge on any atom is -0.481 e. The number of rotatable bonds is 2. The summed E-state index contributed by atoms with van der Waals surface area (Å²) in [4.78, 5) is 16.7. The molecule has 0 aliphatic carbocycles. The fourth-order valence-corrected chi connectivity index (χ4v) is 3.36. The number of halogens is 3. The van der Waals surface area contributed by atoms with Gasteiger partial charge < -0.3 is 10.0 Å². The molecule has 0 radical (unpaired) electrons. The molecule has 3 rings (SSSR count). The smallest absolute Gasteiger partial charge is 0.308 e. The fourth-order valence-electron chi connectivity index (χ4n) is 3.36. The number of nitrogens with zero attached hydrogens (tertiary/aromatic N) is 3. The Balaban J connectivity index is 2.23. The molecular weight excluding hydrogens is 335 g/mol. The maximum atomic E-state index is 14.1. The topological polar surface area (TPSA) is 77.2 Å². The van der Waals surface area contributed by atoms with Crippen LogP contribution in [0.2, 0.25) is 0 Å². The van der Waals surface area contributed by atoms with E-state index in [1.54, 1.807) is 4.90 Å².